The van der Waals surface area contributed by atoms with Crippen molar-refractivity contribution in [3.8, 4) is 0 Å². The molecule has 0 bridgehead atoms. The van der Waals surface area contributed by atoms with Crippen LogP contribution >= 0.6 is 0 Å². The van der Waals surface area contributed by atoms with E-state index in [0.29, 0.717) is 5.56 Å². The van der Waals surface area contributed by atoms with E-state index in [9.17, 15) is 23.1 Å². The molecular formula is C17H21F3N2O3. The van der Waals surface area contributed by atoms with Crippen LogP contribution in [-0.2, 0) is 11.2 Å². The molecule has 1 atom stereocenters. The lowest BCUT2D eigenvalue weighted by Crippen LogP contribution is -2.57. The van der Waals surface area contributed by atoms with Gasteiger partial charge in [0.1, 0.15) is 5.60 Å². The van der Waals surface area contributed by atoms with Crippen molar-refractivity contribution in [2.24, 2.45) is 5.10 Å². The normalized spacial score (nSPS) is 21.3. The highest BCUT2D eigenvalue weighted by Crippen LogP contribution is 2.41. The first kappa shape index (κ1) is 19.2. The van der Waals surface area contributed by atoms with E-state index in [1.165, 1.54) is 20.8 Å². The molecule has 1 aromatic carbocycles. The van der Waals surface area contributed by atoms with Gasteiger partial charge in [0.15, 0.2) is 0 Å². The number of carbonyl (C=O) groups excluding carboxylic acids is 1. The van der Waals surface area contributed by atoms with Crippen molar-refractivity contribution in [3.63, 3.8) is 0 Å². The smallest absolute Gasteiger partial charge is 0.439 e. The second kappa shape index (κ2) is 6.33. The zero-order chi connectivity index (χ0) is 19.0. The number of amides is 1. The number of hydrogen-bond donors (Lipinski definition) is 1. The van der Waals surface area contributed by atoms with Crippen LogP contribution in [0.2, 0.25) is 0 Å². The number of rotatable bonds is 2. The monoisotopic (exact) mass is 358 g/mol. The van der Waals surface area contributed by atoms with Gasteiger partial charge in [-0.2, -0.15) is 23.3 Å². The maximum Gasteiger partial charge on any atom is 0.439 e. The van der Waals surface area contributed by atoms with Gasteiger partial charge >= 0.3 is 12.3 Å². The minimum absolute atomic E-state index is 0.0126. The third kappa shape index (κ3) is 3.95. The van der Waals surface area contributed by atoms with Crippen LogP contribution in [0.25, 0.3) is 0 Å². The van der Waals surface area contributed by atoms with E-state index in [1.54, 1.807) is 24.3 Å². The van der Waals surface area contributed by atoms with Crippen LogP contribution in [-0.4, -0.2) is 39.4 Å². The molecule has 1 aliphatic rings. The van der Waals surface area contributed by atoms with Crippen LogP contribution in [0, 0.1) is 0 Å². The number of benzene rings is 1. The van der Waals surface area contributed by atoms with Crippen molar-refractivity contribution in [1.29, 1.82) is 0 Å². The first-order valence-corrected chi connectivity index (χ1v) is 7.86. The molecule has 0 aromatic heterocycles. The summed E-state index contributed by atoms with van der Waals surface area (Å²) >= 11 is 0. The maximum absolute atomic E-state index is 13.4. The molecule has 0 spiro atoms. The Balaban J connectivity index is 2.40. The van der Waals surface area contributed by atoms with E-state index in [1.807, 2.05) is 6.92 Å². The van der Waals surface area contributed by atoms with Crippen molar-refractivity contribution in [3.05, 3.63) is 35.4 Å². The Bertz CT molecular complexity index is 678. The molecule has 25 heavy (non-hydrogen) atoms. The second-order valence-corrected chi connectivity index (χ2v) is 6.88. The summed E-state index contributed by atoms with van der Waals surface area (Å²) in [6.45, 7) is 6.50. The molecule has 8 heteroatoms. The van der Waals surface area contributed by atoms with Crippen molar-refractivity contribution < 1.29 is 27.8 Å². The van der Waals surface area contributed by atoms with Gasteiger partial charge in [-0.3, -0.25) is 0 Å². The van der Waals surface area contributed by atoms with Crippen molar-refractivity contribution in [1.82, 2.24) is 5.01 Å². The zero-order valence-electron chi connectivity index (χ0n) is 14.5. The highest BCUT2D eigenvalue weighted by molar-refractivity contribution is 6.03. The Morgan fingerprint density at radius 3 is 2.28 bits per heavy atom. The van der Waals surface area contributed by atoms with Gasteiger partial charge in [0.2, 0.25) is 0 Å². The molecule has 0 aliphatic carbocycles. The minimum atomic E-state index is -5.08. The molecule has 0 saturated carbocycles. The van der Waals surface area contributed by atoms with Crippen LogP contribution in [0.4, 0.5) is 18.0 Å². The Kier molecular flexibility index (Phi) is 4.87. The quantitative estimate of drug-likeness (QED) is 0.874. The molecule has 0 radical (unpaired) electrons. The predicted molar refractivity (Wildman–Crippen MR) is 86.1 cm³/mol. The fourth-order valence-electron chi connectivity index (χ4n) is 2.36. The molecule has 1 amide bonds. The number of carbonyl (C=O) groups is 1. The van der Waals surface area contributed by atoms with Crippen molar-refractivity contribution >= 4 is 11.8 Å². The van der Waals surface area contributed by atoms with Gasteiger partial charge in [-0.25, -0.2) is 4.79 Å². The molecule has 0 saturated heterocycles. The summed E-state index contributed by atoms with van der Waals surface area (Å²) in [6.07, 6.45) is -6.52. The average Bonchev–Trinajstić information content (AvgIpc) is 2.85. The molecule has 1 N–H and O–H groups in total. The van der Waals surface area contributed by atoms with E-state index in [4.69, 9.17) is 4.74 Å². The van der Waals surface area contributed by atoms with Gasteiger partial charge in [0.05, 0.1) is 12.1 Å². The van der Waals surface area contributed by atoms with E-state index in [0.717, 1.165) is 12.0 Å². The minimum Gasteiger partial charge on any atom is -0.442 e. The lowest BCUT2D eigenvalue weighted by atomic mass is 9.99. The van der Waals surface area contributed by atoms with E-state index >= 15 is 0 Å². The molecule has 1 heterocycles. The van der Waals surface area contributed by atoms with E-state index < -0.39 is 30.0 Å². The average molecular weight is 358 g/mol. The number of alkyl halides is 3. The zero-order valence-corrected chi connectivity index (χ0v) is 14.5. The summed E-state index contributed by atoms with van der Waals surface area (Å²) in [4.78, 5) is 12.1. The Labute approximate surface area is 144 Å². The summed E-state index contributed by atoms with van der Waals surface area (Å²) in [5, 5.41) is 13.9. The molecular weight excluding hydrogens is 337 g/mol. The lowest BCUT2D eigenvalue weighted by molar-refractivity contribution is -0.300. The molecule has 138 valence electrons. The van der Waals surface area contributed by atoms with Crippen molar-refractivity contribution in [2.75, 3.05) is 0 Å². The van der Waals surface area contributed by atoms with Crippen molar-refractivity contribution in [2.45, 2.75) is 58.0 Å². The van der Waals surface area contributed by atoms with Crippen LogP contribution in [0.1, 0.15) is 45.2 Å². The van der Waals surface area contributed by atoms with E-state index in [2.05, 4.69) is 5.10 Å². The number of hydrazone groups is 1. The maximum atomic E-state index is 13.4. The van der Waals surface area contributed by atoms with Gasteiger partial charge in [0, 0.05) is 0 Å². The number of halogens is 3. The first-order chi connectivity index (χ1) is 11.4. The van der Waals surface area contributed by atoms with Crippen LogP contribution < -0.4 is 0 Å². The number of aryl methyl sites for hydroxylation is 1. The first-order valence-electron chi connectivity index (χ1n) is 7.86. The molecule has 0 unspecified atom stereocenters. The number of ether oxygens (including phenoxy) is 1. The van der Waals surface area contributed by atoms with Gasteiger partial charge in [-0.1, -0.05) is 31.2 Å². The second-order valence-electron chi connectivity index (χ2n) is 6.88. The fourth-order valence-corrected chi connectivity index (χ4v) is 2.36. The number of aliphatic hydroxyl groups is 1. The SMILES string of the molecule is CCc1ccc(C2=NN(C(=O)OC(C)(C)C)[C@](O)(C(F)(F)F)C2)cc1. The largest absolute Gasteiger partial charge is 0.442 e. The number of hydrogen-bond acceptors (Lipinski definition) is 4. The third-order valence-corrected chi connectivity index (χ3v) is 3.70. The molecule has 1 aromatic rings. The predicted octanol–water partition coefficient (Wildman–Crippen LogP) is 3.84. The van der Waals surface area contributed by atoms with Gasteiger partial charge in [-0.15, -0.1) is 0 Å². The Hall–Kier alpha value is -2.09. The van der Waals surface area contributed by atoms with E-state index in [-0.39, 0.29) is 10.7 Å². The van der Waals surface area contributed by atoms with Crippen LogP contribution in [0.15, 0.2) is 29.4 Å². The summed E-state index contributed by atoms with van der Waals surface area (Å²) in [5.41, 5.74) is -3.07. The molecule has 1 aliphatic heterocycles. The summed E-state index contributed by atoms with van der Waals surface area (Å²) in [7, 11) is 0. The molecule has 2 rings (SSSR count). The van der Waals surface area contributed by atoms with Gasteiger partial charge < -0.3 is 9.84 Å². The standard InChI is InChI=1S/C17H21F3N2O3/c1-5-11-6-8-12(9-7-11)13-10-16(24,17(18,19)20)22(21-13)14(23)25-15(2,3)4/h6-9,24H,5,10H2,1-4H3/t16-/m1/s1. The Morgan fingerprint density at radius 2 is 1.84 bits per heavy atom. The molecule has 5 nitrogen and oxygen atoms in total. The summed E-state index contributed by atoms with van der Waals surface area (Å²) in [5.74, 6) is 0. The van der Waals surface area contributed by atoms with Crippen LogP contribution in [0.3, 0.4) is 0 Å². The highest BCUT2D eigenvalue weighted by atomic mass is 19.4. The number of nitrogens with zero attached hydrogens (tertiary/aromatic N) is 2. The highest BCUT2D eigenvalue weighted by Gasteiger charge is 2.64. The third-order valence-electron chi connectivity index (χ3n) is 3.70. The summed E-state index contributed by atoms with van der Waals surface area (Å²) < 4.78 is 45.2. The van der Waals surface area contributed by atoms with Crippen LogP contribution in [0.5, 0.6) is 0 Å². The molecule has 0 fully saturated rings. The Morgan fingerprint density at radius 1 is 1.28 bits per heavy atom. The summed E-state index contributed by atoms with van der Waals surface area (Å²) in [6, 6.07) is 6.77. The van der Waals surface area contributed by atoms with Gasteiger partial charge in [-0.05, 0) is 38.3 Å². The lowest BCUT2D eigenvalue weighted by Gasteiger charge is -2.33. The van der Waals surface area contributed by atoms with Gasteiger partial charge in [0.25, 0.3) is 5.72 Å². The topological polar surface area (TPSA) is 62.1 Å². The fraction of sp³-hybridized carbons (Fsp3) is 0.529.